The number of sulfonamides is 1. The number of ether oxygens (including phenoxy) is 4. The lowest BCUT2D eigenvalue weighted by Gasteiger charge is -2.38. The Morgan fingerprint density at radius 3 is 2.14 bits per heavy atom. The molecule has 4 aromatic rings. The summed E-state index contributed by atoms with van der Waals surface area (Å²) in [7, 11) is -0.852. The number of carbonyl (C=O) groups excluding carboxylic acids is 1. The first-order valence-corrected chi connectivity index (χ1v) is 18.2. The maximum atomic E-state index is 14.6. The number of carbonyl (C=O) groups is 1. The zero-order chi connectivity index (χ0) is 34.4. The Morgan fingerprint density at radius 2 is 1.55 bits per heavy atom. The molecule has 0 spiro atoms. The topological polar surface area (TPSA) is 94.6 Å². The molecule has 0 aromatic heterocycles. The van der Waals surface area contributed by atoms with Gasteiger partial charge in [0.15, 0.2) is 0 Å². The minimum Gasteiger partial charge on any atom is -0.497 e. The van der Waals surface area contributed by atoms with Gasteiger partial charge in [0.05, 0.1) is 31.4 Å². The Balaban J connectivity index is 1.38. The molecule has 2 atom stereocenters. The van der Waals surface area contributed by atoms with Crippen LogP contribution in [0, 0.1) is 11.8 Å². The van der Waals surface area contributed by atoms with Crippen LogP contribution in [0.5, 0.6) is 17.2 Å². The zero-order valence-corrected chi connectivity index (χ0v) is 29.3. The number of methoxy groups -OCH3 is 2. The molecule has 258 valence electrons. The van der Waals surface area contributed by atoms with E-state index in [0.29, 0.717) is 47.5 Å². The number of hydrogen-bond acceptors (Lipinski definition) is 8. The van der Waals surface area contributed by atoms with E-state index in [-0.39, 0.29) is 43.2 Å². The van der Waals surface area contributed by atoms with Crippen LogP contribution in [-0.4, -0.2) is 53.1 Å². The molecule has 0 N–H and O–H groups in total. The number of halogens is 1. The third-order valence-electron chi connectivity index (χ3n) is 9.37. The van der Waals surface area contributed by atoms with Crippen LogP contribution < -0.4 is 19.1 Å². The summed E-state index contributed by atoms with van der Waals surface area (Å²) in [5, 5.41) is 0.643. The second-order valence-corrected chi connectivity index (χ2v) is 14.8. The average Bonchev–Trinajstić information content (AvgIpc) is 3.13. The average molecular weight is 705 g/mol. The number of rotatable bonds is 11. The molecule has 1 saturated carbocycles. The first-order chi connectivity index (χ1) is 23.8. The first-order valence-electron chi connectivity index (χ1n) is 16.4. The molecule has 6 rings (SSSR count). The molecule has 49 heavy (non-hydrogen) atoms. The molecule has 0 radical (unpaired) electrons. The Kier molecular flexibility index (Phi) is 11.1. The molecule has 1 aliphatic heterocycles. The number of aldehydes is 1. The summed E-state index contributed by atoms with van der Waals surface area (Å²) in [6.07, 6.45) is 3.43. The molecule has 11 heteroatoms. The van der Waals surface area contributed by atoms with Gasteiger partial charge < -0.3 is 28.6 Å². The van der Waals surface area contributed by atoms with Gasteiger partial charge in [0.2, 0.25) is 10.0 Å². The second kappa shape index (κ2) is 15.6. The van der Waals surface area contributed by atoms with Crippen LogP contribution >= 0.6 is 11.6 Å². The fourth-order valence-corrected chi connectivity index (χ4v) is 7.89. The van der Waals surface area contributed by atoms with Crippen molar-refractivity contribution in [1.29, 1.82) is 0 Å². The van der Waals surface area contributed by atoms with Gasteiger partial charge in [-0.25, -0.2) is 8.42 Å². The largest absolute Gasteiger partial charge is 0.497 e. The van der Waals surface area contributed by atoms with Crippen LogP contribution in [-0.2, 0) is 45.7 Å². The summed E-state index contributed by atoms with van der Waals surface area (Å²) >= 11 is 6.31. The number of anilines is 1. The highest BCUT2D eigenvalue weighted by molar-refractivity contribution is 7.89. The van der Waals surface area contributed by atoms with Gasteiger partial charge in [0, 0.05) is 30.6 Å². The fraction of sp³-hybridized carbons (Fsp3) is 0.342. The van der Waals surface area contributed by atoms with Crippen LogP contribution in [0.4, 0.5) is 5.69 Å². The lowest BCUT2D eigenvalue weighted by atomic mass is 9.74. The Labute approximate surface area is 293 Å². The lowest BCUT2D eigenvalue weighted by molar-refractivity contribution is -0.115. The van der Waals surface area contributed by atoms with Crippen molar-refractivity contribution >= 4 is 33.6 Å². The second-order valence-electron chi connectivity index (χ2n) is 12.4. The third-order valence-corrected chi connectivity index (χ3v) is 11.4. The summed E-state index contributed by atoms with van der Waals surface area (Å²) in [5.41, 5.74) is 4.25. The van der Waals surface area contributed by atoms with Crippen molar-refractivity contribution in [1.82, 2.24) is 4.31 Å². The quantitative estimate of drug-likeness (QED) is 0.156. The molecule has 1 aliphatic carbocycles. The van der Waals surface area contributed by atoms with Crippen molar-refractivity contribution in [2.45, 2.75) is 43.9 Å². The van der Waals surface area contributed by atoms with Gasteiger partial charge in [-0.3, -0.25) is 0 Å². The third kappa shape index (κ3) is 8.21. The molecule has 2 aliphatic rings. The smallest absolute Gasteiger partial charge is 0.243 e. The molecule has 0 bridgehead atoms. The summed E-state index contributed by atoms with van der Waals surface area (Å²) in [6, 6.07) is 25.5. The lowest BCUT2D eigenvalue weighted by Crippen LogP contribution is -2.40. The van der Waals surface area contributed by atoms with E-state index in [4.69, 9.17) is 30.5 Å². The molecular formula is C38H41ClN2O7S. The van der Waals surface area contributed by atoms with Crippen molar-refractivity contribution in [2.75, 3.05) is 39.0 Å². The van der Waals surface area contributed by atoms with Crippen LogP contribution in [0.25, 0.3) is 0 Å². The van der Waals surface area contributed by atoms with E-state index in [9.17, 15) is 13.2 Å². The Morgan fingerprint density at radius 1 is 0.878 bits per heavy atom. The molecule has 1 heterocycles. The van der Waals surface area contributed by atoms with Gasteiger partial charge in [-0.2, -0.15) is 4.31 Å². The molecule has 0 amide bonds. The normalized spacial score (nSPS) is 17.9. The molecule has 0 unspecified atom stereocenters. The molecular weight excluding hydrogens is 664 g/mol. The van der Waals surface area contributed by atoms with Gasteiger partial charge in [0.25, 0.3) is 0 Å². The summed E-state index contributed by atoms with van der Waals surface area (Å²) in [4.78, 5) is 13.9. The maximum absolute atomic E-state index is 14.6. The summed E-state index contributed by atoms with van der Waals surface area (Å²) in [5.74, 6) is 2.01. The van der Waals surface area contributed by atoms with Gasteiger partial charge in [-0.1, -0.05) is 41.9 Å². The van der Waals surface area contributed by atoms with Crippen LogP contribution in [0.15, 0.2) is 89.8 Å². The minimum atomic E-state index is -4.04. The van der Waals surface area contributed by atoms with E-state index in [0.717, 1.165) is 41.4 Å². The highest BCUT2D eigenvalue weighted by atomic mass is 35.5. The predicted molar refractivity (Wildman–Crippen MR) is 189 cm³/mol. The predicted octanol–water partition coefficient (Wildman–Crippen LogP) is 6.89. The number of hydrogen-bond donors (Lipinski definition) is 0. The van der Waals surface area contributed by atoms with E-state index in [1.54, 1.807) is 32.4 Å². The van der Waals surface area contributed by atoms with Crippen molar-refractivity contribution < 1.29 is 32.2 Å². The minimum absolute atomic E-state index is 0.0367. The molecule has 0 saturated heterocycles. The van der Waals surface area contributed by atoms with E-state index in [1.807, 2.05) is 71.6 Å². The summed E-state index contributed by atoms with van der Waals surface area (Å²) < 4.78 is 54.0. The van der Waals surface area contributed by atoms with Gasteiger partial charge in [-0.05, 0) is 102 Å². The SMILES string of the molecule is COc1ccc(CN(Cc2ccc(OC)cc2)S(=O)(=O)c2ccc3c(c2)N(C[C@@H]2CC[C@H]2C=O)COCCc2cc(Cl)ccc2CO3)cc1. The Hall–Kier alpha value is -4.09. The monoisotopic (exact) mass is 704 g/mol. The molecule has 9 nitrogen and oxygen atoms in total. The Bertz CT molecular complexity index is 1800. The highest BCUT2D eigenvalue weighted by Gasteiger charge is 2.34. The number of benzene rings is 4. The number of fused-ring (bicyclic) bond motifs is 2. The highest BCUT2D eigenvalue weighted by Crippen LogP contribution is 2.39. The van der Waals surface area contributed by atoms with Crippen molar-refractivity contribution in [3.05, 3.63) is 112 Å². The maximum Gasteiger partial charge on any atom is 0.243 e. The van der Waals surface area contributed by atoms with Crippen LogP contribution in [0.1, 0.15) is 35.1 Å². The van der Waals surface area contributed by atoms with E-state index < -0.39 is 10.0 Å². The fourth-order valence-electron chi connectivity index (χ4n) is 6.26. The zero-order valence-electron chi connectivity index (χ0n) is 27.7. The standard InChI is InChI=1S/C38H41ClN2O7S/c1-45-34-11-3-27(4-12-34)21-41(22-28-5-13-35(46-2)14-6-28)49(43,44)36-15-16-38-37(20-36)40(23-30-7-8-31(30)24-42)26-47-18-17-29-19-33(39)10-9-32(29)25-48-38/h3-6,9-16,19-20,24,30-31H,7-8,17-18,21-23,25-26H2,1-2H3/t30-,31-/m0/s1. The first kappa shape index (κ1) is 34.8. The molecule has 4 aromatic carbocycles. The van der Waals surface area contributed by atoms with E-state index >= 15 is 0 Å². The van der Waals surface area contributed by atoms with Gasteiger partial charge in [-0.15, -0.1) is 0 Å². The van der Waals surface area contributed by atoms with Gasteiger partial charge in [0.1, 0.15) is 36.9 Å². The van der Waals surface area contributed by atoms with Crippen LogP contribution in [0.3, 0.4) is 0 Å². The van der Waals surface area contributed by atoms with Crippen LogP contribution in [0.2, 0.25) is 5.02 Å². The van der Waals surface area contributed by atoms with E-state index in [2.05, 4.69) is 0 Å². The van der Waals surface area contributed by atoms with Crippen molar-refractivity contribution in [2.24, 2.45) is 11.8 Å². The molecule has 1 fully saturated rings. The summed E-state index contributed by atoms with van der Waals surface area (Å²) in [6.45, 7) is 1.74. The van der Waals surface area contributed by atoms with Crippen molar-refractivity contribution in [3.8, 4) is 17.2 Å². The number of nitrogens with zero attached hydrogens (tertiary/aromatic N) is 2. The van der Waals surface area contributed by atoms with E-state index in [1.165, 1.54) is 4.31 Å². The van der Waals surface area contributed by atoms with Crippen molar-refractivity contribution in [3.63, 3.8) is 0 Å². The van der Waals surface area contributed by atoms with Gasteiger partial charge >= 0.3 is 0 Å².